The van der Waals surface area contributed by atoms with Gasteiger partial charge in [0.15, 0.2) is 5.82 Å². The van der Waals surface area contributed by atoms with Gasteiger partial charge in [-0.15, -0.1) is 0 Å². The number of aromatic nitrogens is 2. The molecule has 2 aromatic rings. The molecule has 92 valence electrons. The molecule has 0 aliphatic heterocycles. The first kappa shape index (κ1) is 12.0. The number of halogens is 1. The van der Waals surface area contributed by atoms with Crippen LogP contribution in [0.4, 0.5) is 4.39 Å². The first-order chi connectivity index (χ1) is 8.56. The maximum Gasteiger partial charge on any atom is 0.335 e. The van der Waals surface area contributed by atoms with E-state index in [9.17, 15) is 9.18 Å². The number of carboxylic acids is 1. The molecule has 0 atom stereocenters. The lowest BCUT2D eigenvalue weighted by Crippen LogP contribution is -1.98. The molecule has 18 heavy (non-hydrogen) atoms. The van der Waals surface area contributed by atoms with E-state index in [0.717, 1.165) is 12.4 Å². The highest BCUT2D eigenvalue weighted by molar-refractivity contribution is 5.88. The van der Waals surface area contributed by atoms with Gasteiger partial charge in [-0.3, -0.25) is 0 Å². The van der Waals surface area contributed by atoms with E-state index < -0.39 is 11.8 Å². The summed E-state index contributed by atoms with van der Waals surface area (Å²) in [6.45, 7) is 1.70. The molecule has 0 unspecified atom stereocenters. The number of rotatable bonds is 3. The highest BCUT2D eigenvalue weighted by Gasteiger charge is 2.08. The second-order valence-corrected chi connectivity index (χ2v) is 3.57. The van der Waals surface area contributed by atoms with Crippen molar-refractivity contribution < 1.29 is 19.0 Å². The topological polar surface area (TPSA) is 72.3 Å². The van der Waals surface area contributed by atoms with Crippen molar-refractivity contribution in [3.63, 3.8) is 0 Å². The Morgan fingerprint density at radius 3 is 2.56 bits per heavy atom. The number of hydrogen-bond acceptors (Lipinski definition) is 4. The minimum Gasteiger partial charge on any atom is -0.478 e. The van der Waals surface area contributed by atoms with Crippen molar-refractivity contribution in [2.75, 3.05) is 0 Å². The molecule has 0 bridgehead atoms. The van der Waals surface area contributed by atoms with Crippen LogP contribution in [0.2, 0.25) is 0 Å². The Morgan fingerprint density at radius 1 is 1.33 bits per heavy atom. The lowest BCUT2D eigenvalue weighted by atomic mass is 10.1. The van der Waals surface area contributed by atoms with Gasteiger partial charge in [-0.05, 0) is 30.7 Å². The molecule has 1 aromatic carbocycles. The van der Waals surface area contributed by atoms with Gasteiger partial charge in [-0.25, -0.2) is 19.2 Å². The maximum atomic E-state index is 12.6. The zero-order valence-corrected chi connectivity index (χ0v) is 9.42. The van der Waals surface area contributed by atoms with Crippen LogP contribution in [0.25, 0.3) is 0 Å². The Morgan fingerprint density at radius 2 is 2.00 bits per heavy atom. The van der Waals surface area contributed by atoms with E-state index in [1.165, 1.54) is 18.2 Å². The predicted molar refractivity (Wildman–Crippen MR) is 60.2 cm³/mol. The van der Waals surface area contributed by atoms with E-state index in [4.69, 9.17) is 9.84 Å². The summed E-state index contributed by atoms with van der Waals surface area (Å²) in [5.74, 6) is -1.14. The van der Waals surface area contributed by atoms with Gasteiger partial charge in [-0.2, -0.15) is 0 Å². The lowest BCUT2D eigenvalue weighted by Gasteiger charge is -2.07. The van der Waals surface area contributed by atoms with Gasteiger partial charge in [0, 0.05) is 0 Å². The normalized spacial score (nSPS) is 10.1. The van der Waals surface area contributed by atoms with Crippen molar-refractivity contribution in [2.45, 2.75) is 6.92 Å². The van der Waals surface area contributed by atoms with Gasteiger partial charge in [0.2, 0.25) is 0 Å². The van der Waals surface area contributed by atoms with E-state index in [1.54, 1.807) is 6.92 Å². The van der Waals surface area contributed by atoms with Gasteiger partial charge in [0.1, 0.15) is 5.75 Å². The number of hydrogen-bond donors (Lipinski definition) is 1. The van der Waals surface area contributed by atoms with E-state index in [1.807, 2.05) is 0 Å². The monoisotopic (exact) mass is 248 g/mol. The van der Waals surface area contributed by atoms with Gasteiger partial charge in [0.25, 0.3) is 0 Å². The number of aromatic carboxylic acids is 1. The smallest absolute Gasteiger partial charge is 0.335 e. The molecule has 0 saturated heterocycles. The van der Waals surface area contributed by atoms with Crippen molar-refractivity contribution in [2.24, 2.45) is 0 Å². The minimum atomic E-state index is -1.01. The molecule has 0 spiro atoms. The summed E-state index contributed by atoms with van der Waals surface area (Å²) in [6, 6.07) is 4.39. The van der Waals surface area contributed by atoms with E-state index >= 15 is 0 Å². The van der Waals surface area contributed by atoms with Gasteiger partial charge in [0.05, 0.1) is 18.0 Å². The van der Waals surface area contributed by atoms with Crippen molar-refractivity contribution >= 4 is 5.97 Å². The van der Waals surface area contributed by atoms with Crippen molar-refractivity contribution in [3.8, 4) is 11.8 Å². The van der Waals surface area contributed by atoms with Crippen LogP contribution in [0.3, 0.4) is 0 Å². The van der Waals surface area contributed by atoms with Crippen LogP contribution in [0.5, 0.6) is 11.8 Å². The Balaban J connectivity index is 2.24. The Labute approximate surface area is 102 Å². The molecule has 1 N–H and O–H groups in total. The molecule has 1 heterocycles. The average molecular weight is 248 g/mol. The SMILES string of the molecule is Cc1cc(C(=O)O)ccc1Oc1ncc(F)cn1. The Hall–Kier alpha value is -2.50. The number of benzene rings is 1. The highest BCUT2D eigenvalue weighted by atomic mass is 19.1. The van der Waals surface area contributed by atoms with E-state index in [-0.39, 0.29) is 11.6 Å². The summed E-state index contributed by atoms with van der Waals surface area (Å²) >= 11 is 0. The second kappa shape index (κ2) is 4.79. The molecular weight excluding hydrogens is 239 g/mol. The fraction of sp³-hybridized carbons (Fsp3) is 0.0833. The molecule has 0 aliphatic rings. The van der Waals surface area contributed by atoms with Crippen LogP contribution in [0.15, 0.2) is 30.6 Å². The third-order valence-corrected chi connectivity index (χ3v) is 2.22. The second-order valence-electron chi connectivity index (χ2n) is 3.57. The first-order valence-electron chi connectivity index (χ1n) is 5.05. The van der Waals surface area contributed by atoms with Crippen LogP contribution in [0.1, 0.15) is 15.9 Å². The summed E-state index contributed by atoms with van der Waals surface area (Å²) in [6.07, 6.45) is 1.98. The number of ether oxygens (including phenoxy) is 1. The summed E-state index contributed by atoms with van der Waals surface area (Å²) in [5, 5.41) is 8.81. The third-order valence-electron chi connectivity index (χ3n) is 2.22. The molecular formula is C12H9FN2O3. The first-order valence-corrected chi connectivity index (χ1v) is 5.05. The number of carboxylic acid groups (broad SMARTS) is 1. The maximum absolute atomic E-state index is 12.6. The molecule has 0 fully saturated rings. The molecule has 0 amide bonds. The van der Waals surface area contributed by atoms with Gasteiger partial charge in [-0.1, -0.05) is 0 Å². The Kier molecular flexibility index (Phi) is 3.18. The van der Waals surface area contributed by atoms with Crippen molar-refractivity contribution in [1.82, 2.24) is 9.97 Å². The van der Waals surface area contributed by atoms with Crippen LogP contribution in [-0.2, 0) is 0 Å². The summed E-state index contributed by atoms with van der Waals surface area (Å²) < 4.78 is 17.9. The predicted octanol–water partition coefficient (Wildman–Crippen LogP) is 2.41. The van der Waals surface area contributed by atoms with Crippen LogP contribution in [-0.4, -0.2) is 21.0 Å². The minimum absolute atomic E-state index is 0.00238. The molecule has 0 saturated carbocycles. The zero-order valence-electron chi connectivity index (χ0n) is 9.42. The quantitative estimate of drug-likeness (QED) is 0.902. The Bertz CT molecular complexity index is 584. The van der Waals surface area contributed by atoms with Gasteiger partial charge < -0.3 is 9.84 Å². The molecule has 0 radical (unpaired) electrons. The third kappa shape index (κ3) is 2.60. The average Bonchev–Trinajstić information content (AvgIpc) is 2.34. The summed E-state index contributed by atoms with van der Waals surface area (Å²) in [5.41, 5.74) is 0.794. The fourth-order valence-corrected chi connectivity index (χ4v) is 1.35. The molecule has 6 heteroatoms. The molecule has 2 rings (SSSR count). The van der Waals surface area contributed by atoms with Crippen LogP contribution >= 0.6 is 0 Å². The highest BCUT2D eigenvalue weighted by Crippen LogP contribution is 2.23. The molecule has 5 nitrogen and oxygen atoms in total. The zero-order chi connectivity index (χ0) is 13.1. The van der Waals surface area contributed by atoms with E-state index in [0.29, 0.717) is 11.3 Å². The molecule has 1 aromatic heterocycles. The van der Waals surface area contributed by atoms with Gasteiger partial charge >= 0.3 is 12.0 Å². The van der Waals surface area contributed by atoms with Crippen molar-refractivity contribution in [1.29, 1.82) is 0 Å². The van der Waals surface area contributed by atoms with E-state index in [2.05, 4.69) is 9.97 Å². The van der Waals surface area contributed by atoms with Crippen LogP contribution < -0.4 is 4.74 Å². The largest absolute Gasteiger partial charge is 0.478 e. The lowest BCUT2D eigenvalue weighted by molar-refractivity contribution is 0.0697. The standard InChI is InChI=1S/C12H9FN2O3/c1-7-4-8(11(16)17)2-3-10(7)18-12-14-5-9(13)6-15-12/h2-6H,1H3,(H,16,17). The summed E-state index contributed by atoms with van der Waals surface area (Å²) in [4.78, 5) is 18.0. The number of aryl methyl sites for hydroxylation is 1. The van der Waals surface area contributed by atoms with Crippen LogP contribution in [0, 0.1) is 12.7 Å². The number of nitrogens with zero attached hydrogens (tertiary/aromatic N) is 2. The fourth-order valence-electron chi connectivity index (χ4n) is 1.35. The summed E-state index contributed by atoms with van der Waals surface area (Å²) in [7, 11) is 0. The van der Waals surface area contributed by atoms with Crippen molar-refractivity contribution in [3.05, 3.63) is 47.5 Å². The number of carbonyl (C=O) groups is 1. The molecule has 0 aliphatic carbocycles.